The van der Waals surface area contributed by atoms with Gasteiger partial charge in [0.25, 0.3) is 0 Å². The Kier molecular flexibility index (Phi) is 6.26. The maximum Gasteiger partial charge on any atom is 0.0194 e. The van der Waals surface area contributed by atoms with E-state index in [1.54, 1.807) is 0 Å². The van der Waals surface area contributed by atoms with E-state index >= 15 is 0 Å². The molecule has 204 valence electrons. The Morgan fingerprint density at radius 2 is 1.62 bits per heavy atom. The minimum atomic E-state index is -0.126. The molecule has 0 saturated carbocycles. The second-order valence-electron chi connectivity index (χ2n) is 14.2. The summed E-state index contributed by atoms with van der Waals surface area (Å²) < 4.78 is 0. The average molecular weight is 517 g/mol. The molecule has 0 aliphatic heterocycles. The van der Waals surface area contributed by atoms with E-state index in [0.29, 0.717) is 5.92 Å². The Morgan fingerprint density at radius 3 is 2.21 bits per heavy atom. The van der Waals surface area contributed by atoms with Gasteiger partial charge in [-0.15, -0.1) is 0 Å². The van der Waals surface area contributed by atoms with E-state index in [-0.39, 0.29) is 16.2 Å². The van der Waals surface area contributed by atoms with Crippen molar-refractivity contribution in [1.82, 2.24) is 0 Å². The van der Waals surface area contributed by atoms with Crippen LogP contribution in [0.4, 0.5) is 0 Å². The number of hydrogen-bond donors (Lipinski definition) is 0. The highest BCUT2D eigenvalue weighted by molar-refractivity contribution is 5.90. The van der Waals surface area contributed by atoms with Crippen LogP contribution >= 0.6 is 0 Å². The van der Waals surface area contributed by atoms with E-state index in [9.17, 15) is 0 Å². The zero-order valence-electron chi connectivity index (χ0n) is 26.2. The molecule has 2 aromatic rings. The standard InChI is InChI=1S/C39H48/c1-22(2)31-18-32(30-16-14-15-24(5)17-30)26(7)35-27(8)36-29(10)39(13)28(9)34(23(3)4)25(6)19-38(39,12)21-37(36,11)20-33(31)35/h14-18,22H,3,8-9,19-21H2,1-2,4-7,10-13H3/t37-,38+,39-/m1/s1. The van der Waals surface area contributed by atoms with Gasteiger partial charge in [0, 0.05) is 5.41 Å². The molecule has 3 atom stereocenters. The molecule has 0 saturated heterocycles. The third kappa shape index (κ3) is 3.70. The number of benzene rings is 2. The van der Waals surface area contributed by atoms with Crippen molar-refractivity contribution < 1.29 is 0 Å². The van der Waals surface area contributed by atoms with Crippen LogP contribution in [0.2, 0.25) is 0 Å². The van der Waals surface area contributed by atoms with E-state index in [0.717, 1.165) is 24.8 Å². The molecule has 3 aliphatic carbocycles. The molecule has 3 aliphatic rings. The Bertz CT molecular complexity index is 1530. The van der Waals surface area contributed by atoms with Crippen molar-refractivity contribution in [2.75, 3.05) is 0 Å². The Balaban J connectivity index is 1.80. The van der Waals surface area contributed by atoms with Crippen LogP contribution in [0.1, 0.15) is 102 Å². The van der Waals surface area contributed by atoms with Gasteiger partial charge in [-0.2, -0.15) is 0 Å². The lowest BCUT2D eigenvalue weighted by atomic mass is 9.41. The van der Waals surface area contributed by atoms with Gasteiger partial charge in [-0.25, -0.2) is 0 Å². The molecule has 5 rings (SSSR count). The molecule has 39 heavy (non-hydrogen) atoms. The van der Waals surface area contributed by atoms with Gasteiger partial charge in [-0.05, 0) is 126 Å². The lowest BCUT2D eigenvalue weighted by molar-refractivity contribution is 0.0543. The molecular weight excluding hydrogens is 468 g/mol. The summed E-state index contributed by atoms with van der Waals surface area (Å²) in [6.45, 7) is 37.6. The smallest absolute Gasteiger partial charge is 0.0194 e. The molecule has 0 bridgehead atoms. The molecule has 0 N–H and O–H groups in total. The predicted molar refractivity (Wildman–Crippen MR) is 171 cm³/mol. The topological polar surface area (TPSA) is 0 Å². The first kappa shape index (κ1) is 27.7. The Morgan fingerprint density at radius 1 is 0.949 bits per heavy atom. The molecule has 0 fully saturated rings. The summed E-state index contributed by atoms with van der Waals surface area (Å²) in [6, 6.07) is 11.5. The number of allylic oxidation sites excluding steroid dienone is 7. The molecule has 0 aromatic heterocycles. The van der Waals surface area contributed by atoms with E-state index in [1.165, 1.54) is 72.4 Å². The van der Waals surface area contributed by atoms with Crippen molar-refractivity contribution in [1.29, 1.82) is 0 Å². The summed E-state index contributed by atoms with van der Waals surface area (Å²) in [6.07, 6.45) is 3.30. The van der Waals surface area contributed by atoms with Gasteiger partial charge >= 0.3 is 0 Å². The monoisotopic (exact) mass is 516 g/mol. The van der Waals surface area contributed by atoms with Crippen molar-refractivity contribution in [3.05, 3.63) is 111 Å². The zero-order valence-corrected chi connectivity index (χ0v) is 26.2. The van der Waals surface area contributed by atoms with Gasteiger partial charge in [0.1, 0.15) is 0 Å². The van der Waals surface area contributed by atoms with E-state index < -0.39 is 0 Å². The van der Waals surface area contributed by atoms with Gasteiger partial charge in [0.15, 0.2) is 0 Å². The fourth-order valence-electron chi connectivity index (χ4n) is 9.25. The SMILES string of the molecule is C=C(C)C1=C(C)C[C@@]2(C)C[C@@]3(C)Cc4c(C(C)C)cc(-c5cccc(C)c5)c(C)c4C(=C)C3=C(C)[C@@]2(C)C1=C. The summed E-state index contributed by atoms with van der Waals surface area (Å²) in [5, 5.41) is 0. The number of fused-ring (bicyclic) bond motifs is 3. The number of aryl methyl sites for hydroxylation is 1. The van der Waals surface area contributed by atoms with Crippen LogP contribution in [0.5, 0.6) is 0 Å². The maximum atomic E-state index is 4.92. The first-order valence-corrected chi connectivity index (χ1v) is 14.8. The lowest BCUT2D eigenvalue weighted by Crippen LogP contribution is -2.52. The van der Waals surface area contributed by atoms with Crippen LogP contribution in [0, 0.1) is 30.1 Å². The minimum absolute atomic E-state index is 0.0463. The predicted octanol–water partition coefficient (Wildman–Crippen LogP) is 11.3. The molecule has 0 unspecified atom stereocenters. The second kappa shape index (κ2) is 8.82. The van der Waals surface area contributed by atoms with Crippen molar-refractivity contribution in [3.8, 4) is 11.1 Å². The first-order chi connectivity index (χ1) is 18.1. The molecule has 0 heteroatoms. The van der Waals surface area contributed by atoms with Crippen LogP contribution in [0.15, 0.2) is 83.5 Å². The molecule has 0 heterocycles. The summed E-state index contributed by atoms with van der Waals surface area (Å²) in [5.41, 5.74) is 19.1. The molecule has 2 aromatic carbocycles. The summed E-state index contributed by atoms with van der Waals surface area (Å²) in [5.74, 6) is 0.452. The van der Waals surface area contributed by atoms with Crippen molar-refractivity contribution in [2.24, 2.45) is 16.2 Å². The van der Waals surface area contributed by atoms with Gasteiger partial charge in [-0.1, -0.05) is 107 Å². The van der Waals surface area contributed by atoms with Crippen molar-refractivity contribution in [3.63, 3.8) is 0 Å². The van der Waals surface area contributed by atoms with E-state index in [4.69, 9.17) is 13.2 Å². The van der Waals surface area contributed by atoms with Crippen molar-refractivity contribution >= 4 is 5.57 Å². The van der Waals surface area contributed by atoms with Crippen LogP contribution in [-0.2, 0) is 6.42 Å². The van der Waals surface area contributed by atoms with Crippen LogP contribution in [-0.4, -0.2) is 0 Å². The molecule has 0 nitrogen and oxygen atoms in total. The third-order valence-electron chi connectivity index (χ3n) is 11.0. The highest BCUT2D eigenvalue weighted by Crippen LogP contribution is 2.70. The number of hydrogen-bond acceptors (Lipinski definition) is 0. The summed E-state index contributed by atoms with van der Waals surface area (Å²) >= 11 is 0. The summed E-state index contributed by atoms with van der Waals surface area (Å²) in [4.78, 5) is 0. The minimum Gasteiger partial charge on any atom is -0.0955 e. The first-order valence-electron chi connectivity index (χ1n) is 14.8. The molecule has 0 amide bonds. The van der Waals surface area contributed by atoms with Crippen LogP contribution in [0.3, 0.4) is 0 Å². The lowest BCUT2D eigenvalue weighted by Gasteiger charge is -2.62. The highest BCUT2D eigenvalue weighted by Gasteiger charge is 2.59. The fourth-order valence-corrected chi connectivity index (χ4v) is 9.25. The Hall–Kier alpha value is -2.86. The summed E-state index contributed by atoms with van der Waals surface area (Å²) in [7, 11) is 0. The average Bonchev–Trinajstić information content (AvgIpc) is 2.80. The van der Waals surface area contributed by atoms with Crippen LogP contribution in [0.25, 0.3) is 16.7 Å². The second-order valence-corrected chi connectivity index (χ2v) is 14.2. The quantitative estimate of drug-likeness (QED) is 0.380. The highest BCUT2D eigenvalue weighted by atomic mass is 14.6. The van der Waals surface area contributed by atoms with Gasteiger partial charge in [0.05, 0.1) is 0 Å². The van der Waals surface area contributed by atoms with E-state index in [1.807, 2.05) is 0 Å². The van der Waals surface area contributed by atoms with Gasteiger partial charge < -0.3 is 0 Å². The number of rotatable bonds is 3. The largest absolute Gasteiger partial charge is 0.0955 e. The van der Waals surface area contributed by atoms with E-state index in [2.05, 4.69) is 106 Å². The van der Waals surface area contributed by atoms with Crippen LogP contribution < -0.4 is 0 Å². The third-order valence-corrected chi connectivity index (χ3v) is 11.0. The normalized spacial score (nSPS) is 28.5. The molecular formula is C39H48. The van der Waals surface area contributed by atoms with Gasteiger partial charge in [-0.3, -0.25) is 0 Å². The molecule has 0 spiro atoms. The zero-order chi connectivity index (χ0) is 28.8. The molecule has 0 radical (unpaired) electrons. The Labute approximate surface area is 238 Å². The van der Waals surface area contributed by atoms with Crippen molar-refractivity contribution in [2.45, 2.75) is 94.4 Å². The van der Waals surface area contributed by atoms with Gasteiger partial charge in [0.2, 0.25) is 0 Å². The fraction of sp³-hybridized carbons (Fsp3) is 0.436. The maximum absolute atomic E-state index is 4.92.